The van der Waals surface area contributed by atoms with Crippen LogP contribution in [0.1, 0.15) is 56.9 Å². The van der Waals surface area contributed by atoms with Crippen LogP contribution in [-0.4, -0.2) is 96.3 Å². The van der Waals surface area contributed by atoms with Gasteiger partial charge in [0.1, 0.15) is 18.2 Å². The summed E-state index contributed by atoms with van der Waals surface area (Å²) in [6.07, 6.45) is 9.12. The molecule has 238 valence electrons. The molecule has 0 radical (unpaired) electrons. The lowest BCUT2D eigenvalue weighted by Crippen LogP contribution is -2.55. The summed E-state index contributed by atoms with van der Waals surface area (Å²) >= 11 is 0. The maximum Gasteiger partial charge on any atom is 0.243 e. The van der Waals surface area contributed by atoms with Crippen molar-refractivity contribution >= 4 is 17.7 Å². The molecule has 0 saturated heterocycles. The van der Waals surface area contributed by atoms with Gasteiger partial charge in [0.15, 0.2) is 0 Å². The number of nitrogens with zero attached hydrogens (tertiary/aromatic N) is 2. The molecule has 0 bridgehead atoms. The Labute approximate surface area is 255 Å². The van der Waals surface area contributed by atoms with Gasteiger partial charge in [-0.05, 0) is 44.5 Å². The first-order valence-corrected chi connectivity index (χ1v) is 15.2. The summed E-state index contributed by atoms with van der Waals surface area (Å²) in [5.74, 6) is 0.596. The van der Waals surface area contributed by atoms with Crippen LogP contribution >= 0.6 is 0 Å². The van der Waals surface area contributed by atoms with E-state index in [0.717, 1.165) is 43.7 Å². The summed E-state index contributed by atoms with van der Waals surface area (Å²) in [6, 6.07) is 7.31. The Balaban J connectivity index is 2.21. The second kappa shape index (κ2) is 19.1. The number of aliphatic hydroxyl groups is 2. The van der Waals surface area contributed by atoms with Gasteiger partial charge in [0.25, 0.3) is 0 Å². The number of halogens is 1. The van der Waals surface area contributed by atoms with Gasteiger partial charge in [-0.3, -0.25) is 14.4 Å². The fraction of sp³-hybridized carbons (Fsp3) is 0.606. The van der Waals surface area contributed by atoms with Crippen LogP contribution in [0.25, 0.3) is 0 Å². The molecule has 4 N–H and O–H groups in total. The van der Waals surface area contributed by atoms with Crippen LogP contribution in [0.4, 0.5) is 4.39 Å². The standard InChI is InChI=1S/C33H49FN4O5/c1-5-12-27(33(43)36-28(31(41)29(39)17-18-34)22-25-15-10-7-11-16-25)35-32(42)26(21-24-13-8-6-9-14-24)23-30(40)38(4)20-19-37(2)3/h1,6,8-9,13-14,17-18,25-29,31,39,41H,7,10-12,15-16,19-23H2,2-4H3,(H,35,42)(H,36,43)/b18-17+/t26?,27-,28?,29?,31?/m0/s1. The van der Waals surface area contributed by atoms with E-state index in [9.17, 15) is 29.0 Å². The Morgan fingerprint density at radius 2 is 1.72 bits per heavy atom. The monoisotopic (exact) mass is 600 g/mol. The van der Waals surface area contributed by atoms with Crippen LogP contribution in [0, 0.1) is 24.2 Å². The van der Waals surface area contributed by atoms with Crippen LogP contribution in [-0.2, 0) is 20.8 Å². The summed E-state index contributed by atoms with van der Waals surface area (Å²) in [6.45, 7) is 1.17. The second-order valence-electron chi connectivity index (χ2n) is 11.8. The average Bonchev–Trinajstić information content (AvgIpc) is 2.99. The molecule has 10 heteroatoms. The number of terminal acetylenes is 1. The van der Waals surface area contributed by atoms with Gasteiger partial charge in [-0.25, -0.2) is 4.39 Å². The maximum atomic E-state index is 13.6. The van der Waals surface area contributed by atoms with Crippen molar-refractivity contribution < 1.29 is 29.0 Å². The van der Waals surface area contributed by atoms with Crippen molar-refractivity contribution in [3.63, 3.8) is 0 Å². The number of carbonyl (C=O) groups is 3. The van der Waals surface area contributed by atoms with Crippen molar-refractivity contribution in [3.8, 4) is 12.3 Å². The molecule has 0 spiro atoms. The van der Waals surface area contributed by atoms with Crippen molar-refractivity contribution in [2.24, 2.45) is 11.8 Å². The van der Waals surface area contributed by atoms with E-state index >= 15 is 0 Å². The predicted octanol–water partition coefficient (Wildman–Crippen LogP) is 2.42. The summed E-state index contributed by atoms with van der Waals surface area (Å²) in [7, 11) is 5.53. The molecule has 1 aliphatic carbocycles. The molecule has 0 aliphatic heterocycles. The lowest BCUT2D eigenvalue weighted by molar-refractivity contribution is -0.136. The lowest BCUT2D eigenvalue weighted by atomic mass is 9.83. The van der Waals surface area contributed by atoms with Gasteiger partial charge in [0.05, 0.1) is 18.3 Å². The van der Waals surface area contributed by atoms with Crippen LogP contribution in [0.5, 0.6) is 0 Å². The molecular weight excluding hydrogens is 551 g/mol. The molecule has 1 aliphatic rings. The molecule has 5 atom stereocenters. The lowest BCUT2D eigenvalue weighted by Gasteiger charge is -2.32. The molecule has 0 aromatic heterocycles. The van der Waals surface area contributed by atoms with Gasteiger partial charge in [0, 0.05) is 33.0 Å². The number of amides is 3. The van der Waals surface area contributed by atoms with Gasteiger partial charge in [-0.15, -0.1) is 12.3 Å². The minimum atomic E-state index is -1.52. The highest BCUT2D eigenvalue weighted by atomic mass is 19.1. The number of likely N-dealkylation sites (N-methyl/N-ethyl adjacent to an activating group) is 2. The molecular formula is C33H49FN4O5. The van der Waals surface area contributed by atoms with E-state index in [-0.39, 0.29) is 37.4 Å². The molecule has 43 heavy (non-hydrogen) atoms. The average molecular weight is 601 g/mol. The molecule has 2 rings (SSSR count). The van der Waals surface area contributed by atoms with E-state index in [4.69, 9.17) is 6.42 Å². The molecule has 1 aromatic rings. The van der Waals surface area contributed by atoms with Gasteiger partial charge in [0.2, 0.25) is 17.7 Å². The van der Waals surface area contributed by atoms with Crippen molar-refractivity contribution in [3.05, 3.63) is 48.3 Å². The Kier molecular flexibility index (Phi) is 16.0. The molecule has 1 aromatic carbocycles. The number of nitrogens with one attached hydrogen (secondary N) is 2. The minimum absolute atomic E-state index is 0.0557. The Hall–Kier alpha value is -3.26. The third-order valence-electron chi connectivity index (χ3n) is 8.05. The first-order valence-electron chi connectivity index (χ1n) is 15.2. The molecule has 1 fully saturated rings. The van der Waals surface area contributed by atoms with Crippen LogP contribution in [0.2, 0.25) is 0 Å². The quantitative estimate of drug-likeness (QED) is 0.204. The summed E-state index contributed by atoms with van der Waals surface area (Å²) in [5, 5.41) is 26.6. The molecule has 1 saturated carbocycles. The van der Waals surface area contributed by atoms with Crippen molar-refractivity contribution in [1.82, 2.24) is 20.4 Å². The first kappa shape index (κ1) is 35.9. The van der Waals surface area contributed by atoms with Gasteiger partial charge in [-0.1, -0.05) is 62.4 Å². The Morgan fingerprint density at radius 1 is 1.05 bits per heavy atom. The third kappa shape index (κ3) is 12.9. The summed E-state index contributed by atoms with van der Waals surface area (Å²) in [4.78, 5) is 43.7. The number of benzene rings is 1. The third-order valence-corrected chi connectivity index (χ3v) is 8.05. The summed E-state index contributed by atoms with van der Waals surface area (Å²) in [5.41, 5.74) is 0.870. The van der Waals surface area contributed by atoms with Crippen LogP contribution in [0.3, 0.4) is 0 Å². The first-order chi connectivity index (χ1) is 20.5. The van der Waals surface area contributed by atoms with E-state index in [0.29, 0.717) is 19.5 Å². The highest BCUT2D eigenvalue weighted by Crippen LogP contribution is 2.28. The van der Waals surface area contributed by atoms with Gasteiger partial charge < -0.3 is 30.6 Å². The van der Waals surface area contributed by atoms with E-state index in [2.05, 4.69) is 16.6 Å². The number of carbonyl (C=O) groups excluding carboxylic acids is 3. The van der Waals surface area contributed by atoms with E-state index in [1.54, 1.807) is 11.9 Å². The number of hydrogen-bond acceptors (Lipinski definition) is 6. The Morgan fingerprint density at radius 3 is 2.33 bits per heavy atom. The summed E-state index contributed by atoms with van der Waals surface area (Å²) < 4.78 is 12.8. The second-order valence-corrected chi connectivity index (χ2v) is 11.8. The number of hydrogen-bond donors (Lipinski definition) is 4. The van der Waals surface area contributed by atoms with Crippen molar-refractivity contribution in [2.75, 3.05) is 34.2 Å². The minimum Gasteiger partial charge on any atom is -0.388 e. The largest absolute Gasteiger partial charge is 0.388 e. The van der Waals surface area contributed by atoms with Gasteiger partial charge >= 0.3 is 0 Å². The zero-order valence-electron chi connectivity index (χ0n) is 25.8. The molecule has 3 amide bonds. The topological polar surface area (TPSA) is 122 Å². The normalized spacial score (nSPS) is 17.4. The smallest absolute Gasteiger partial charge is 0.243 e. The molecule has 0 heterocycles. The van der Waals surface area contributed by atoms with Crippen LogP contribution in [0.15, 0.2) is 42.7 Å². The zero-order valence-corrected chi connectivity index (χ0v) is 25.8. The highest BCUT2D eigenvalue weighted by Gasteiger charge is 2.33. The fourth-order valence-electron chi connectivity index (χ4n) is 5.39. The van der Waals surface area contributed by atoms with Crippen LogP contribution < -0.4 is 10.6 Å². The zero-order chi connectivity index (χ0) is 31.8. The molecule has 9 nitrogen and oxygen atoms in total. The van der Waals surface area contributed by atoms with E-state index < -0.39 is 42.0 Å². The predicted molar refractivity (Wildman–Crippen MR) is 165 cm³/mol. The van der Waals surface area contributed by atoms with Gasteiger partial charge in [-0.2, -0.15) is 0 Å². The number of aliphatic hydroxyl groups excluding tert-OH is 2. The van der Waals surface area contributed by atoms with Crippen molar-refractivity contribution in [1.29, 1.82) is 0 Å². The SMILES string of the molecule is C#CC[C@H](NC(=O)C(CC(=O)N(C)CCN(C)C)Cc1ccccc1)C(=O)NC(CC1CCCCC1)C(O)C(O)/C=C/F. The van der Waals surface area contributed by atoms with E-state index in [1.807, 2.05) is 49.3 Å². The van der Waals surface area contributed by atoms with Crippen molar-refractivity contribution in [2.45, 2.75) is 82.1 Å². The maximum absolute atomic E-state index is 13.6. The number of rotatable bonds is 17. The Bertz CT molecular complexity index is 1070. The fourth-order valence-corrected chi connectivity index (χ4v) is 5.39. The highest BCUT2D eigenvalue weighted by molar-refractivity contribution is 5.91. The molecule has 4 unspecified atom stereocenters. The van der Waals surface area contributed by atoms with E-state index in [1.165, 1.54) is 0 Å².